The number of phenolic OH excluding ortho intramolecular Hbond substituents is 1. The van der Waals surface area contributed by atoms with E-state index >= 15 is 0 Å². The molecule has 1 amide bonds. The van der Waals surface area contributed by atoms with E-state index < -0.39 is 15.9 Å². The van der Waals surface area contributed by atoms with Crippen molar-refractivity contribution in [3.8, 4) is 17.2 Å². The molecule has 3 aromatic rings. The van der Waals surface area contributed by atoms with Gasteiger partial charge in [-0.3, -0.25) is 9.52 Å². The maximum atomic E-state index is 12.7. The number of hydrogen-bond donors (Lipinski definition) is 3. The smallest absolute Gasteiger partial charge is 0.271 e. The van der Waals surface area contributed by atoms with Crippen molar-refractivity contribution in [2.45, 2.75) is 4.90 Å². The fourth-order valence-corrected chi connectivity index (χ4v) is 4.13. The van der Waals surface area contributed by atoms with E-state index in [2.05, 4.69) is 15.2 Å². The average Bonchev–Trinajstić information content (AvgIpc) is 2.81. The van der Waals surface area contributed by atoms with Gasteiger partial charge in [-0.25, -0.2) is 13.8 Å². The van der Waals surface area contributed by atoms with Crippen molar-refractivity contribution < 1.29 is 27.8 Å². The van der Waals surface area contributed by atoms with Crippen LogP contribution in [0.3, 0.4) is 0 Å². The van der Waals surface area contributed by atoms with Gasteiger partial charge in [0.25, 0.3) is 15.9 Å². The zero-order valence-corrected chi connectivity index (χ0v) is 19.1. The third-order valence-electron chi connectivity index (χ3n) is 4.41. The number of sulfonamides is 1. The Hall–Kier alpha value is -3.76. The number of phenols is 1. The normalized spacial score (nSPS) is 11.2. The highest BCUT2D eigenvalue weighted by molar-refractivity contribution is 7.92. The van der Waals surface area contributed by atoms with E-state index in [-0.39, 0.29) is 38.4 Å². The van der Waals surface area contributed by atoms with E-state index in [1.54, 1.807) is 18.2 Å². The lowest BCUT2D eigenvalue weighted by molar-refractivity contribution is 0.0955. The van der Waals surface area contributed by atoms with Crippen LogP contribution in [0.25, 0.3) is 0 Å². The summed E-state index contributed by atoms with van der Waals surface area (Å²) in [5, 5.41) is 14.1. The van der Waals surface area contributed by atoms with Crippen LogP contribution >= 0.6 is 11.6 Å². The van der Waals surface area contributed by atoms with Gasteiger partial charge in [-0.2, -0.15) is 5.10 Å². The third kappa shape index (κ3) is 5.73. The Morgan fingerprint density at radius 2 is 1.70 bits per heavy atom. The molecule has 3 rings (SSSR count). The van der Waals surface area contributed by atoms with Gasteiger partial charge in [-0.05, 0) is 42.5 Å². The summed E-state index contributed by atoms with van der Waals surface area (Å²) in [7, 11) is -1.20. The van der Waals surface area contributed by atoms with Crippen molar-refractivity contribution in [1.82, 2.24) is 5.43 Å². The Morgan fingerprint density at radius 3 is 2.33 bits per heavy atom. The first kappa shape index (κ1) is 23.9. The predicted molar refractivity (Wildman–Crippen MR) is 125 cm³/mol. The molecule has 33 heavy (non-hydrogen) atoms. The maximum Gasteiger partial charge on any atom is 0.271 e. The van der Waals surface area contributed by atoms with Gasteiger partial charge in [0, 0.05) is 11.1 Å². The number of aromatic hydroxyl groups is 1. The summed E-state index contributed by atoms with van der Waals surface area (Å²) >= 11 is 6.02. The minimum atomic E-state index is -3.98. The summed E-state index contributed by atoms with van der Waals surface area (Å²) in [6, 6.07) is 14.9. The molecule has 3 aromatic carbocycles. The molecule has 172 valence electrons. The van der Waals surface area contributed by atoms with Crippen LogP contribution < -0.4 is 19.6 Å². The van der Waals surface area contributed by atoms with Gasteiger partial charge in [0.05, 0.1) is 36.0 Å². The van der Waals surface area contributed by atoms with Gasteiger partial charge >= 0.3 is 0 Å². The Kier molecular flexibility index (Phi) is 7.41. The number of carbonyl (C=O) groups excluding carboxylic acids is 1. The van der Waals surface area contributed by atoms with Crippen LogP contribution in [-0.4, -0.2) is 39.9 Å². The summed E-state index contributed by atoms with van der Waals surface area (Å²) in [5.74, 6) is -0.444. The van der Waals surface area contributed by atoms with E-state index in [4.69, 9.17) is 21.1 Å². The number of rotatable bonds is 8. The lowest BCUT2D eigenvalue weighted by Gasteiger charge is -2.10. The molecular weight excluding hydrogens is 470 g/mol. The lowest BCUT2D eigenvalue weighted by atomic mass is 10.2. The topological polar surface area (TPSA) is 126 Å². The standard InChI is InChI=1S/C22H20ClN3O6S/c1-31-19-10-14(11-20(32-2)21(19)27)13-24-25-22(28)15-6-5-7-16(12-15)33(29,30)26-18-9-4-3-8-17(18)23/h3-13,26-27H,1-2H3,(H,25,28)/b24-13+. The summed E-state index contributed by atoms with van der Waals surface area (Å²) < 4.78 is 37.9. The molecule has 9 nitrogen and oxygen atoms in total. The largest absolute Gasteiger partial charge is 0.502 e. The van der Waals surface area contributed by atoms with Crippen LogP contribution in [-0.2, 0) is 10.0 Å². The zero-order valence-electron chi connectivity index (χ0n) is 17.6. The van der Waals surface area contributed by atoms with Crippen LogP contribution in [0.2, 0.25) is 5.02 Å². The van der Waals surface area contributed by atoms with Crippen LogP contribution in [0.4, 0.5) is 5.69 Å². The number of anilines is 1. The average molecular weight is 490 g/mol. The van der Waals surface area contributed by atoms with Crippen molar-refractivity contribution in [2.75, 3.05) is 18.9 Å². The van der Waals surface area contributed by atoms with Crippen molar-refractivity contribution >= 4 is 39.4 Å². The van der Waals surface area contributed by atoms with E-state index in [0.717, 1.165) is 0 Å². The molecule has 0 spiro atoms. The predicted octanol–water partition coefficient (Wildman–Crippen LogP) is 3.63. The van der Waals surface area contributed by atoms with Crippen LogP contribution in [0, 0.1) is 0 Å². The number of methoxy groups -OCH3 is 2. The van der Waals surface area contributed by atoms with Gasteiger partial charge in [0.15, 0.2) is 11.5 Å². The highest BCUT2D eigenvalue weighted by atomic mass is 35.5. The van der Waals surface area contributed by atoms with Gasteiger partial charge in [0.2, 0.25) is 5.75 Å². The number of carbonyl (C=O) groups is 1. The van der Waals surface area contributed by atoms with E-state index in [9.17, 15) is 18.3 Å². The summed E-state index contributed by atoms with van der Waals surface area (Å²) in [6.07, 6.45) is 1.32. The number of amides is 1. The summed E-state index contributed by atoms with van der Waals surface area (Å²) in [4.78, 5) is 12.4. The van der Waals surface area contributed by atoms with E-state index in [1.165, 1.54) is 62.9 Å². The fourth-order valence-electron chi connectivity index (χ4n) is 2.77. The third-order valence-corrected chi connectivity index (χ3v) is 6.10. The molecule has 0 aliphatic carbocycles. The first-order valence-electron chi connectivity index (χ1n) is 9.41. The number of nitrogens with one attached hydrogen (secondary N) is 2. The van der Waals surface area contributed by atoms with Crippen LogP contribution in [0.15, 0.2) is 70.7 Å². The van der Waals surface area contributed by atoms with Crippen molar-refractivity contribution in [3.63, 3.8) is 0 Å². The first-order valence-corrected chi connectivity index (χ1v) is 11.3. The monoisotopic (exact) mass is 489 g/mol. The van der Waals surface area contributed by atoms with Crippen LogP contribution in [0.1, 0.15) is 15.9 Å². The number of benzene rings is 3. The molecule has 0 aromatic heterocycles. The Labute approximate surface area is 195 Å². The number of hydrogen-bond acceptors (Lipinski definition) is 7. The number of halogens is 1. The molecule has 0 saturated carbocycles. The second kappa shape index (κ2) is 10.2. The second-order valence-electron chi connectivity index (χ2n) is 6.59. The highest BCUT2D eigenvalue weighted by Gasteiger charge is 2.17. The molecule has 11 heteroatoms. The molecule has 0 aliphatic rings. The molecule has 0 fully saturated rings. The molecule has 3 N–H and O–H groups in total. The fraction of sp³-hybridized carbons (Fsp3) is 0.0909. The molecule has 0 radical (unpaired) electrons. The highest BCUT2D eigenvalue weighted by Crippen LogP contribution is 2.36. The summed E-state index contributed by atoms with van der Waals surface area (Å²) in [6.45, 7) is 0. The van der Waals surface area contributed by atoms with E-state index in [0.29, 0.717) is 5.56 Å². The molecule has 0 atom stereocenters. The van der Waals surface area contributed by atoms with Gasteiger partial charge < -0.3 is 14.6 Å². The molecule has 0 heterocycles. The van der Waals surface area contributed by atoms with Gasteiger partial charge in [-0.15, -0.1) is 0 Å². The Bertz CT molecular complexity index is 1290. The minimum Gasteiger partial charge on any atom is -0.502 e. The van der Waals surface area contributed by atoms with Crippen LogP contribution in [0.5, 0.6) is 17.2 Å². The number of hydrazone groups is 1. The maximum absolute atomic E-state index is 12.7. The number of para-hydroxylation sites is 1. The molecule has 0 aliphatic heterocycles. The number of ether oxygens (including phenoxy) is 2. The molecule has 0 unspecified atom stereocenters. The lowest BCUT2D eigenvalue weighted by Crippen LogP contribution is -2.19. The minimum absolute atomic E-state index is 0.0788. The summed E-state index contributed by atoms with van der Waals surface area (Å²) in [5.41, 5.74) is 3.11. The van der Waals surface area contributed by atoms with Crippen molar-refractivity contribution in [1.29, 1.82) is 0 Å². The van der Waals surface area contributed by atoms with Gasteiger partial charge in [0.1, 0.15) is 0 Å². The zero-order chi connectivity index (χ0) is 24.0. The first-order chi connectivity index (χ1) is 15.7. The SMILES string of the molecule is COc1cc(/C=N/NC(=O)c2cccc(S(=O)(=O)Nc3ccccc3Cl)c2)cc(OC)c1O. The molecule has 0 bridgehead atoms. The van der Waals surface area contributed by atoms with E-state index in [1.807, 2.05) is 0 Å². The molecular formula is C22H20ClN3O6S. The van der Waals surface area contributed by atoms with Crippen molar-refractivity contribution in [3.05, 3.63) is 76.8 Å². The Balaban J connectivity index is 1.75. The molecule has 0 saturated heterocycles. The quantitative estimate of drug-likeness (QED) is 0.327. The Morgan fingerprint density at radius 1 is 1.03 bits per heavy atom. The number of nitrogens with zero attached hydrogens (tertiary/aromatic N) is 1. The van der Waals surface area contributed by atoms with Crippen molar-refractivity contribution in [2.24, 2.45) is 5.10 Å². The second-order valence-corrected chi connectivity index (χ2v) is 8.68. The van der Waals surface area contributed by atoms with Gasteiger partial charge in [-0.1, -0.05) is 29.8 Å².